The van der Waals surface area contributed by atoms with Gasteiger partial charge >= 0.3 is 6.03 Å². The van der Waals surface area contributed by atoms with E-state index in [-0.39, 0.29) is 19.2 Å². The van der Waals surface area contributed by atoms with Gasteiger partial charge < -0.3 is 15.4 Å². The smallest absolute Gasteiger partial charge is 0.315 e. The van der Waals surface area contributed by atoms with Crippen molar-refractivity contribution in [1.82, 2.24) is 10.6 Å². The first-order chi connectivity index (χ1) is 11.6. The second-order valence-corrected chi connectivity index (χ2v) is 6.11. The van der Waals surface area contributed by atoms with E-state index >= 15 is 0 Å². The van der Waals surface area contributed by atoms with Crippen LogP contribution in [0.5, 0.6) is 5.75 Å². The summed E-state index contributed by atoms with van der Waals surface area (Å²) in [6, 6.07) is 14.6. The predicted octanol–water partition coefficient (Wildman–Crippen LogP) is 3.98. The van der Waals surface area contributed by atoms with Gasteiger partial charge in [0.1, 0.15) is 12.4 Å². The van der Waals surface area contributed by atoms with Gasteiger partial charge in [0.05, 0.1) is 6.54 Å². The Kier molecular flexibility index (Phi) is 7.47. The van der Waals surface area contributed by atoms with E-state index in [1.165, 1.54) is 0 Å². The number of hydrogen-bond donors (Lipinski definition) is 2. The van der Waals surface area contributed by atoms with Crippen molar-refractivity contribution in [3.05, 3.63) is 63.6 Å². The van der Waals surface area contributed by atoms with Crippen LogP contribution in [0.3, 0.4) is 0 Å². The fourth-order valence-electron chi connectivity index (χ4n) is 1.76. The van der Waals surface area contributed by atoms with E-state index in [2.05, 4.69) is 38.4 Å². The van der Waals surface area contributed by atoms with E-state index in [1.54, 1.807) is 12.1 Å². The van der Waals surface area contributed by atoms with Crippen molar-refractivity contribution in [2.75, 3.05) is 13.2 Å². The van der Waals surface area contributed by atoms with E-state index in [0.29, 0.717) is 11.6 Å². The average molecular weight is 408 g/mol. The molecule has 124 valence electrons. The van der Waals surface area contributed by atoms with E-state index in [1.807, 2.05) is 36.4 Å². The van der Waals surface area contributed by atoms with Gasteiger partial charge in [0.15, 0.2) is 0 Å². The molecule has 2 N–H and O–H groups in total. The van der Waals surface area contributed by atoms with E-state index in [4.69, 9.17) is 16.3 Å². The van der Waals surface area contributed by atoms with Gasteiger partial charge in [-0.15, -0.1) is 0 Å². The molecule has 0 saturated carbocycles. The lowest BCUT2D eigenvalue weighted by atomic mass is 10.2. The lowest BCUT2D eigenvalue weighted by Crippen LogP contribution is -2.35. The minimum absolute atomic E-state index is 0.258. The summed E-state index contributed by atoms with van der Waals surface area (Å²) in [5.74, 6) is 6.42. The quantitative estimate of drug-likeness (QED) is 0.737. The Morgan fingerprint density at radius 1 is 1.12 bits per heavy atom. The Bertz CT molecular complexity index is 739. The molecule has 24 heavy (non-hydrogen) atoms. The van der Waals surface area contributed by atoms with Crippen LogP contribution in [0.4, 0.5) is 4.79 Å². The molecule has 0 fully saturated rings. The van der Waals surface area contributed by atoms with Crippen molar-refractivity contribution in [1.29, 1.82) is 0 Å². The van der Waals surface area contributed by atoms with Crippen LogP contribution in [0.1, 0.15) is 5.56 Å². The summed E-state index contributed by atoms with van der Waals surface area (Å²) in [5.41, 5.74) is 0.975. The molecule has 0 unspecified atom stereocenters. The van der Waals surface area contributed by atoms with Crippen LogP contribution in [-0.4, -0.2) is 19.2 Å². The van der Waals surface area contributed by atoms with Crippen LogP contribution < -0.4 is 15.4 Å². The average Bonchev–Trinajstić information content (AvgIpc) is 2.57. The number of halogens is 2. The third kappa shape index (κ3) is 6.95. The zero-order valence-electron chi connectivity index (χ0n) is 12.8. The lowest BCUT2D eigenvalue weighted by molar-refractivity contribution is 0.241. The Hall–Kier alpha value is -2.16. The number of urea groups is 1. The van der Waals surface area contributed by atoms with E-state index in [0.717, 1.165) is 15.8 Å². The Labute approximate surface area is 154 Å². The molecular weight excluding hydrogens is 392 g/mol. The maximum Gasteiger partial charge on any atom is 0.315 e. The number of carbonyl (C=O) groups excluding carboxylic acids is 1. The molecule has 0 aromatic heterocycles. The molecule has 2 amide bonds. The highest BCUT2D eigenvalue weighted by molar-refractivity contribution is 9.10. The summed E-state index contributed by atoms with van der Waals surface area (Å²) >= 11 is 9.17. The summed E-state index contributed by atoms with van der Waals surface area (Å²) in [7, 11) is 0. The predicted molar refractivity (Wildman–Crippen MR) is 99.1 cm³/mol. The fourth-order valence-corrected chi connectivity index (χ4v) is 2.27. The summed E-state index contributed by atoms with van der Waals surface area (Å²) in [4.78, 5) is 11.6. The van der Waals surface area contributed by atoms with Crippen molar-refractivity contribution in [2.24, 2.45) is 0 Å². The number of rotatable bonds is 5. The Balaban J connectivity index is 1.61. The Morgan fingerprint density at radius 3 is 2.67 bits per heavy atom. The van der Waals surface area contributed by atoms with Crippen molar-refractivity contribution in [3.8, 4) is 17.6 Å². The maximum absolute atomic E-state index is 11.6. The second-order valence-electron chi connectivity index (χ2n) is 4.76. The molecule has 0 atom stereocenters. The fraction of sp³-hybridized carbons (Fsp3) is 0.167. The zero-order chi connectivity index (χ0) is 17.2. The summed E-state index contributed by atoms with van der Waals surface area (Å²) in [6.07, 6.45) is 0. The van der Waals surface area contributed by atoms with Gasteiger partial charge in [0, 0.05) is 16.0 Å². The lowest BCUT2D eigenvalue weighted by Gasteiger charge is -2.05. The highest BCUT2D eigenvalue weighted by Crippen LogP contribution is 2.17. The van der Waals surface area contributed by atoms with Gasteiger partial charge in [-0.25, -0.2) is 4.79 Å². The summed E-state index contributed by atoms with van der Waals surface area (Å²) in [5, 5.41) is 6.07. The summed E-state index contributed by atoms with van der Waals surface area (Å²) < 4.78 is 6.42. The van der Waals surface area contributed by atoms with Gasteiger partial charge in [-0.05, 0) is 35.9 Å². The molecule has 0 bridgehead atoms. The summed E-state index contributed by atoms with van der Waals surface area (Å²) in [6.45, 7) is 0.960. The van der Waals surface area contributed by atoms with Gasteiger partial charge in [-0.2, -0.15) is 0 Å². The molecule has 2 rings (SSSR count). The molecule has 0 saturated heterocycles. The van der Waals surface area contributed by atoms with Crippen LogP contribution in [-0.2, 0) is 6.54 Å². The molecular formula is C18H16BrClN2O2. The molecule has 0 aliphatic rings. The Morgan fingerprint density at radius 2 is 1.92 bits per heavy atom. The molecule has 0 radical (unpaired) electrons. The molecule has 0 heterocycles. The number of ether oxygens (including phenoxy) is 1. The number of carbonyl (C=O) groups is 1. The van der Waals surface area contributed by atoms with Gasteiger partial charge in [-0.1, -0.05) is 57.6 Å². The first-order valence-electron chi connectivity index (χ1n) is 7.24. The van der Waals surface area contributed by atoms with Crippen LogP contribution in [0.15, 0.2) is 53.0 Å². The van der Waals surface area contributed by atoms with Crippen molar-refractivity contribution < 1.29 is 9.53 Å². The third-order valence-electron chi connectivity index (χ3n) is 2.94. The standard InChI is InChI=1S/C18H16BrClN2O2/c19-15-4-3-5-17(12-15)24-11-2-1-10-21-18(23)22-13-14-6-8-16(20)9-7-14/h3-9,12H,10-11,13H2,(H2,21,22,23). The molecule has 4 nitrogen and oxygen atoms in total. The first-order valence-corrected chi connectivity index (χ1v) is 8.41. The second kappa shape index (κ2) is 9.86. The molecule has 2 aromatic carbocycles. The van der Waals surface area contributed by atoms with Crippen molar-refractivity contribution in [3.63, 3.8) is 0 Å². The van der Waals surface area contributed by atoms with Gasteiger partial charge in [-0.3, -0.25) is 0 Å². The third-order valence-corrected chi connectivity index (χ3v) is 3.68. The number of hydrogen-bond acceptors (Lipinski definition) is 2. The topological polar surface area (TPSA) is 50.4 Å². The molecule has 0 spiro atoms. The number of nitrogens with one attached hydrogen (secondary N) is 2. The van der Waals surface area contributed by atoms with Crippen LogP contribution in [0.2, 0.25) is 5.02 Å². The van der Waals surface area contributed by atoms with Crippen LogP contribution >= 0.6 is 27.5 Å². The normalized spacial score (nSPS) is 9.58. The monoisotopic (exact) mass is 406 g/mol. The van der Waals surface area contributed by atoms with Crippen molar-refractivity contribution >= 4 is 33.6 Å². The molecule has 6 heteroatoms. The van der Waals surface area contributed by atoms with Crippen molar-refractivity contribution in [2.45, 2.75) is 6.54 Å². The zero-order valence-corrected chi connectivity index (χ0v) is 15.2. The van der Waals surface area contributed by atoms with Gasteiger partial charge in [0.2, 0.25) is 0 Å². The SMILES string of the molecule is O=C(NCC#CCOc1cccc(Br)c1)NCc1ccc(Cl)cc1. The van der Waals surface area contributed by atoms with Crippen LogP contribution in [0, 0.1) is 11.8 Å². The highest BCUT2D eigenvalue weighted by atomic mass is 79.9. The largest absolute Gasteiger partial charge is 0.481 e. The molecule has 0 aliphatic heterocycles. The minimum Gasteiger partial charge on any atom is -0.481 e. The first kappa shape index (κ1) is 18.2. The van der Waals surface area contributed by atoms with Gasteiger partial charge in [0.25, 0.3) is 0 Å². The maximum atomic E-state index is 11.6. The number of amides is 2. The molecule has 0 aliphatic carbocycles. The van der Waals surface area contributed by atoms with Crippen LogP contribution in [0.25, 0.3) is 0 Å². The van der Waals surface area contributed by atoms with E-state index < -0.39 is 0 Å². The highest BCUT2D eigenvalue weighted by Gasteiger charge is 1.98. The number of benzene rings is 2. The van der Waals surface area contributed by atoms with E-state index in [9.17, 15) is 4.79 Å². The molecule has 2 aromatic rings. The minimum atomic E-state index is -0.271.